The summed E-state index contributed by atoms with van der Waals surface area (Å²) in [5.74, 6) is -3.89. The third-order valence-electron chi connectivity index (χ3n) is 3.85. The van der Waals surface area contributed by atoms with Gasteiger partial charge in [-0.05, 0) is 36.8 Å². The molecule has 0 aliphatic heterocycles. The fourth-order valence-corrected chi connectivity index (χ4v) is 4.29. The van der Waals surface area contributed by atoms with Crippen LogP contribution >= 0.6 is 23.2 Å². The quantitative estimate of drug-likeness (QED) is 0.452. The summed E-state index contributed by atoms with van der Waals surface area (Å²) in [6.07, 6.45) is 0. The molecule has 2 N–H and O–H groups in total. The van der Waals surface area contributed by atoms with Crippen LogP contribution in [0.3, 0.4) is 0 Å². The van der Waals surface area contributed by atoms with E-state index in [1.165, 1.54) is 6.92 Å². The predicted molar refractivity (Wildman–Crippen MR) is 102 cm³/mol. The first-order chi connectivity index (χ1) is 14.2. The van der Waals surface area contributed by atoms with E-state index in [-0.39, 0.29) is 11.3 Å². The van der Waals surface area contributed by atoms with Gasteiger partial charge in [-0.2, -0.15) is 8.78 Å². The summed E-state index contributed by atoms with van der Waals surface area (Å²) in [5, 5.41) is -2.12. The van der Waals surface area contributed by atoms with Gasteiger partial charge < -0.3 is 5.32 Å². The zero-order valence-corrected chi connectivity index (χ0v) is 17.5. The number of urea groups is 1. The number of rotatable bonds is 5. The van der Waals surface area contributed by atoms with Gasteiger partial charge in [0.05, 0.1) is 9.92 Å². The summed E-state index contributed by atoms with van der Waals surface area (Å²) in [6, 6.07) is 2.65. The lowest BCUT2D eigenvalue weighted by Gasteiger charge is -2.19. The van der Waals surface area contributed by atoms with Gasteiger partial charge in [-0.3, -0.25) is 10.1 Å². The molecule has 1 atom stereocenters. The molecule has 168 valence electrons. The fourth-order valence-electron chi connectivity index (χ4n) is 2.29. The lowest BCUT2D eigenvalue weighted by atomic mass is 10.2. The number of hydrogen-bond donors (Lipinski definition) is 2. The first-order valence-electron chi connectivity index (χ1n) is 7.97. The zero-order valence-electron chi connectivity index (χ0n) is 15.2. The Kier molecular flexibility index (Phi) is 7.18. The van der Waals surface area contributed by atoms with Crippen LogP contribution in [0.15, 0.2) is 35.2 Å². The molecule has 0 aromatic heterocycles. The molecule has 14 heteroatoms. The molecule has 0 heterocycles. The maximum atomic E-state index is 13.7. The van der Waals surface area contributed by atoms with Crippen LogP contribution in [0.5, 0.6) is 0 Å². The third-order valence-corrected chi connectivity index (χ3v) is 6.51. The number of carbonyl (C=O) groups excluding carboxylic acids is 2. The predicted octanol–water partition coefficient (Wildman–Crippen LogP) is 4.79. The van der Waals surface area contributed by atoms with Gasteiger partial charge in [0, 0.05) is 5.69 Å². The SMILES string of the molecule is Cc1cc(S(=O)(=O)C(F)(F)C(F)Cl)c(Cl)cc1NC(=O)NC(=O)c1c(F)cccc1F. The van der Waals surface area contributed by atoms with Crippen molar-refractivity contribution in [3.8, 4) is 0 Å². The minimum Gasteiger partial charge on any atom is -0.307 e. The number of sulfone groups is 1. The Morgan fingerprint density at radius 1 is 1.13 bits per heavy atom. The van der Waals surface area contributed by atoms with Crippen molar-refractivity contribution in [3.63, 3.8) is 0 Å². The molecule has 1 unspecified atom stereocenters. The van der Waals surface area contributed by atoms with Gasteiger partial charge >= 0.3 is 11.3 Å². The number of nitrogens with one attached hydrogen (secondary N) is 2. The Balaban J connectivity index is 2.29. The molecule has 2 aromatic carbocycles. The van der Waals surface area contributed by atoms with Crippen LogP contribution in [0.2, 0.25) is 5.02 Å². The molecule has 0 radical (unpaired) electrons. The number of carbonyl (C=O) groups is 2. The fraction of sp³-hybridized carbons (Fsp3) is 0.176. The first kappa shape index (κ1) is 24.8. The molecular weight excluding hydrogens is 494 g/mol. The van der Waals surface area contributed by atoms with E-state index in [4.69, 9.17) is 11.6 Å². The average molecular weight is 505 g/mol. The van der Waals surface area contributed by atoms with Crippen LogP contribution in [0.25, 0.3) is 0 Å². The van der Waals surface area contributed by atoms with Crippen LogP contribution in [-0.4, -0.2) is 31.2 Å². The van der Waals surface area contributed by atoms with E-state index >= 15 is 0 Å². The summed E-state index contributed by atoms with van der Waals surface area (Å²) in [4.78, 5) is 22.7. The molecule has 6 nitrogen and oxygen atoms in total. The second kappa shape index (κ2) is 8.97. The maximum absolute atomic E-state index is 13.7. The number of hydrogen-bond acceptors (Lipinski definition) is 4. The Labute approximate surface area is 182 Å². The van der Waals surface area contributed by atoms with E-state index in [0.29, 0.717) is 6.07 Å². The molecule has 0 aliphatic rings. The van der Waals surface area contributed by atoms with Crippen molar-refractivity contribution in [3.05, 3.63) is 58.1 Å². The number of aryl methyl sites for hydroxylation is 1. The Hall–Kier alpha value is -2.44. The highest BCUT2D eigenvalue weighted by Crippen LogP contribution is 2.39. The second-order valence-corrected chi connectivity index (χ2v) is 8.75. The van der Waals surface area contributed by atoms with Gasteiger partial charge in [-0.15, -0.1) is 0 Å². The minimum absolute atomic E-state index is 0.136. The van der Waals surface area contributed by atoms with Crippen LogP contribution in [0.1, 0.15) is 15.9 Å². The molecule has 3 amide bonds. The lowest BCUT2D eigenvalue weighted by Crippen LogP contribution is -2.36. The van der Waals surface area contributed by atoms with Gasteiger partial charge in [0.15, 0.2) is 0 Å². The second-order valence-electron chi connectivity index (χ2n) is 5.97. The molecule has 0 spiro atoms. The van der Waals surface area contributed by atoms with Crippen molar-refractivity contribution in [2.45, 2.75) is 22.7 Å². The van der Waals surface area contributed by atoms with Crippen LogP contribution in [-0.2, 0) is 9.84 Å². The Morgan fingerprint density at radius 2 is 1.68 bits per heavy atom. The standard InChI is InChI=1S/C17H11Cl2F5N2O4S/c1-7-5-12(31(29,30)17(23,24)15(19)22)8(18)6-11(7)25-16(28)26-14(27)13-9(20)3-2-4-10(13)21/h2-6,15H,1H3,(H2,25,26,27,28). The molecular formula is C17H11Cl2F5N2O4S. The van der Waals surface area contributed by atoms with E-state index < -0.39 is 59.8 Å². The number of halogens is 7. The van der Waals surface area contributed by atoms with Crippen LogP contribution in [0, 0.1) is 18.6 Å². The molecule has 0 bridgehead atoms. The number of anilines is 1. The molecule has 31 heavy (non-hydrogen) atoms. The van der Waals surface area contributed by atoms with Crippen LogP contribution in [0.4, 0.5) is 32.4 Å². The molecule has 0 saturated carbocycles. The summed E-state index contributed by atoms with van der Waals surface area (Å²) in [6.45, 7) is 1.18. The number of amides is 3. The van der Waals surface area contributed by atoms with E-state index in [1.54, 1.807) is 5.32 Å². The van der Waals surface area contributed by atoms with Crippen molar-refractivity contribution >= 4 is 50.7 Å². The lowest BCUT2D eigenvalue weighted by molar-refractivity contribution is 0.0423. The summed E-state index contributed by atoms with van der Waals surface area (Å²) in [5.41, 5.74) is -4.96. The minimum atomic E-state index is -5.64. The van der Waals surface area contributed by atoms with Gasteiger partial charge in [0.2, 0.25) is 9.84 Å². The average Bonchev–Trinajstić information content (AvgIpc) is 2.63. The summed E-state index contributed by atoms with van der Waals surface area (Å²) >= 11 is 10.3. The van der Waals surface area contributed by atoms with Crippen molar-refractivity contribution in [2.75, 3.05) is 5.32 Å². The maximum Gasteiger partial charge on any atom is 0.393 e. The molecule has 0 aliphatic carbocycles. The van der Waals surface area contributed by atoms with E-state index in [1.807, 2.05) is 5.32 Å². The Morgan fingerprint density at radius 3 is 2.19 bits per heavy atom. The molecule has 2 aromatic rings. The number of benzene rings is 2. The molecule has 2 rings (SSSR count). The van der Waals surface area contributed by atoms with Crippen LogP contribution < -0.4 is 10.6 Å². The molecule has 0 fully saturated rings. The number of imide groups is 1. The topological polar surface area (TPSA) is 92.3 Å². The smallest absolute Gasteiger partial charge is 0.307 e. The van der Waals surface area contributed by atoms with Gasteiger partial charge in [-0.1, -0.05) is 29.3 Å². The summed E-state index contributed by atoms with van der Waals surface area (Å²) < 4.78 is 91.4. The summed E-state index contributed by atoms with van der Waals surface area (Å²) in [7, 11) is -5.64. The van der Waals surface area contributed by atoms with Crippen molar-refractivity contribution in [1.82, 2.24) is 5.32 Å². The zero-order chi connectivity index (χ0) is 23.7. The van der Waals surface area contributed by atoms with Gasteiger partial charge in [-0.25, -0.2) is 26.4 Å². The highest BCUT2D eigenvalue weighted by atomic mass is 35.5. The highest BCUT2D eigenvalue weighted by molar-refractivity contribution is 7.92. The van der Waals surface area contributed by atoms with Crippen molar-refractivity contribution < 1.29 is 40.0 Å². The largest absolute Gasteiger partial charge is 0.393 e. The normalized spacial score (nSPS) is 12.9. The van der Waals surface area contributed by atoms with Gasteiger partial charge in [0.25, 0.3) is 11.5 Å². The number of alkyl halides is 4. The first-order valence-corrected chi connectivity index (χ1v) is 10.3. The monoisotopic (exact) mass is 504 g/mol. The van der Waals surface area contributed by atoms with E-state index in [0.717, 1.165) is 24.3 Å². The third kappa shape index (κ3) is 4.91. The Bertz CT molecular complexity index is 1140. The van der Waals surface area contributed by atoms with Gasteiger partial charge in [0.1, 0.15) is 17.2 Å². The molecule has 0 saturated heterocycles. The highest BCUT2D eigenvalue weighted by Gasteiger charge is 2.54. The van der Waals surface area contributed by atoms with Crippen molar-refractivity contribution in [1.29, 1.82) is 0 Å². The van der Waals surface area contributed by atoms with E-state index in [2.05, 4.69) is 11.6 Å². The van der Waals surface area contributed by atoms with Crippen molar-refractivity contribution in [2.24, 2.45) is 0 Å². The van der Waals surface area contributed by atoms with E-state index in [9.17, 15) is 40.0 Å².